The van der Waals surface area contributed by atoms with Gasteiger partial charge in [0.25, 0.3) is 0 Å². The molecule has 4 heterocycles. The summed E-state index contributed by atoms with van der Waals surface area (Å²) in [5.74, 6) is -0.607. The molecule has 0 saturated carbocycles. The predicted octanol–water partition coefficient (Wildman–Crippen LogP) is 8.85. The first-order chi connectivity index (χ1) is 22.2. The van der Waals surface area contributed by atoms with Crippen molar-refractivity contribution in [2.24, 2.45) is 0 Å². The van der Waals surface area contributed by atoms with Crippen molar-refractivity contribution in [1.29, 1.82) is 0 Å². The van der Waals surface area contributed by atoms with Crippen LogP contribution in [-0.4, -0.2) is 45.1 Å². The van der Waals surface area contributed by atoms with Crippen LogP contribution in [-0.2, 0) is 60.8 Å². The van der Waals surface area contributed by atoms with Gasteiger partial charge in [-0.3, -0.25) is 0 Å². The summed E-state index contributed by atoms with van der Waals surface area (Å²) in [4.78, 5) is 40.8. The third kappa shape index (κ3) is 5.87. The van der Waals surface area contributed by atoms with E-state index in [0.29, 0.717) is 24.6 Å². The Morgan fingerprint density at radius 2 is 0.587 bits per heavy atom. The molecule has 4 N–H and O–H groups in total. The van der Waals surface area contributed by atoms with Gasteiger partial charge in [-0.05, 0) is 110 Å². The van der Waals surface area contributed by atoms with Gasteiger partial charge in [-0.15, -0.1) is 0 Å². The van der Waals surface area contributed by atoms with Crippen LogP contribution in [0.5, 0.6) is 0 Å². The number of esters is 2. The smallest absolute Gasteiger partial charge is 0.355 e. The fourth-order valence-corrected chi connectivity index (χ4v) is 7.47. The molecule has 0 atom stereocenters. The van der Waals surface area contributed by atoms with E-state index in [-0.39, 0.29) is 11.9 Å². The normalized spacial score (nSPS) is 11.4. The minimum atomic E-state index is -0.304. The average Bonchev–Trinajstić information content (AvgIpc) is 3.82. The van der Waals surface area contributed by atoms with Crippen molar-refractivity contribution in [3.63, 3.8) is 0 Å². The fourth-order valence-electron chi connectivity index (χ4n) is 7.47. The highest BCUT2D eigenvalue weighted by Gasteiger charge is 2.30. The molecule has 0 saturated heterocycles. The lowest BCUT2D eigenvalue weighted by Gasteiger charge is -2.07. The van der Waals surface area contributed by atoms with Gasteiger partial charge >= 0.3 is 11.9 Å². The lowest BCUT2D eigenvalue weighted by Crippen LogP contribution is -2.08. The van der Waals surface area contributed by atoms with E-state index in [9.17, 15) is 9.59 Å². The monoisotopic (exact) mass is 630 g/mol. The molecule has 0 radical (unpaired) electrons. The maximum absolute atomic E-state index is 13.0. The average molecular weight is 631 g/mol. The summed E-state index contributed by atoms with van der Waals surface area (Å²) in [6.45, 7) is 21.6. The Morgan fingerprint density at radius 3 is 0.804 bits per heavy atom. The van der Waals surface area contributed by atoms with Gasteiger partial charge in [0.15, 0.2) is 0 Å². The van der Waals surface area contributed by atoms with E-state index in [4.69, 9.17) is 9.47 Å². The molecule has 250 valence electrons. The van der Waals surface area contributed by atoms with Crippen molar-refractivity contribution in [3.8, 4) is 34.2 Å². The van der Waals surface area contributed by atoms with E-state index < -0.39 is 0 Å². The summed E-state index contributed by atoms with van der Waals surface area (Å²) in [5, 5.41) is 0. The molecule has 0 aliphatic rings. The Labute approximate surface area is 274 Å². The van der Waals surface area contributed by atoms with Gasteiger partial charge in [0, 0.05) is 0 Å². The first-order valence-corrected chi connectivity index (χ1v) is 17.5. The van der Waals surface area contributed by atoms with Crippen LogP contribution >= 0.6 is 0 Å². The zero-order chi connectivity index (χ0) is 33.7. The molecule has 8 heteroatoms. The van der Waals surface area contributed by atoms with Gasteiger partial charge in [-0.2, -0.15) is 0 Å². The largest absolute Gasteiger partial charge is 0.461 e. The lowest BCUT2D eigenvalue weighted by atomic mass is 9.95. The van der Waals surface area contributed by atoms with Crippen LogP contribution < -0.4 is 0 Å². The molecule has 0 aliphatic heterocycles. The number of rotatable bonds is 15. The number of carbonyl (C=O) groups is 2. The van der Waals surface area contributed by atoms with Gasteiger partial charge in [-0.1, -0.05) is 55.4 Å². The standard InChI is InChI=1S/C38H54N4O4/c1-11-21-23(13-3)31(33-25(15-5)27(17-7)35(41-33)37(43)45-19-9)39-29(21)30-22(12-2)24(14-4)32(40-30)34-26(16-6)28(18-8)36(42-34)38(44)46-20-10/h39-42H,11-20H2,1-10H3. The number of ether oxygens (including phenoxy) is 2. The maximum Gasteiger partial charge on any atom is 0.355 e. The predicted molar refractivity (Wildman–Crippen MR) is 187 cm³/mol. The number of nitrogens with one attached hydrogen (secondary N) is 4. The maximum atomic E-state index is 13.0. The van der Waals surface area contributed by atoms with Gasteiger partial charge in [0.05, 0.1) is 47.4 Å². The quantitative estimate of drug-likeness (QED) is 0.0982. The van der Waals surface area contributed by atoms with Crippen molar-refractivity contribution in [2.45, 2.75) is 121 Å². The zero-order valence-electron chi connectivity index (χ0n) is 29.7. The van der Waals surface area contributed by atoms with Gasteiger partial charge in [-0.25, -0.2) is 9.59 Å². The lowest BCUT2D eigenvalue weighted by molar-refractivity contribution is 0.0509. The Morgan fingerprint density at radius 1 is 0.370 bits per heavy atom. The van der Waals surface area contributed by atoms with E-state index in [1.54, 1.807) is 0 Å². The van der Waals surface area contributed by atoms with Crippen molar-refractivity contribution in [1.82, 2.24) is 19.9 Å². The second kappa shape index (κ2) is 15.1. The summed E-state index contributed by atoms with van der Waals surface area (Å²) < 4.78 is 10.9. The van der Waals surface area contributed by atoms with Crippen LogP contribution in [0.1, 0.15) is 135 Å². The van der Waals surface area contributed by atoms with Crippen LogP contribution in [0.3, 0.4) is 0 Å². The van der Waals surface area contributed by atoms with Gasteiger partial charge in [0.2, 0.25) is 0 Å². The third-order valence-electron chi connectivity index (χ3n) is 9.41. The molecule has 0 unspecified atom stereocenters. The van der Waals surface area contributed by atoms with Crippen LogP contribution in [0.2, 0.25) is 0 Å². The summed E-state index contributed by atoms with van der Waals surface area (Å²) >= 11 is 0. The van der Waals surface area contributed by atoms with Crippen molar-refractivity contribution in [3.05, 3.63) is 55.9 Å². The van der Waals surface area contributed by atoms with Crippen molar-refractivity contribution < 1.29 is 19.1 Å². The Kier molecular flexibility index (Phi) is 11.5. The summed E-state index contributed by atoms with van der Waals surface area (Å²) in [6, 6.07) is 0. The summed E-state index contributed by atoms with van der Waals surface area (Å²) in [7, 11) is 0. The molecule has 0 amide bonds. The Hall–Kier alpha value is -3.94. The minimum Gasteiger partial charge on any atom is -0.461 e. The topological polar surface area (TPSA) is 116 Å². The minimum absolute atomic E-state index is 0.304. The van der Waals surface area contributed by atoms with Gasteiger partial charge in [0.1, 0.15) is 11.4 Å². The Balaban J connectivity index is 2.02. The molecule has 4 aromatic heterocycles. The Bertz CT molecular complexity index is 1570. The number of hydrogen-bond acceptors (Lipinski definition) is 4. The van der Waals surface area contributed by atoms with Crippen molar-refractivity contribution in [2.75, 3.05) is 13.2 Å². The fraction of sp³-hybridized carbons (Fsp3) is 0.526. The molecule has 46 heavy (non-hydrogen) atoms. The molecule has 0 bridgehead atoms. The van der Waals surface area contributed by atoms with Gasteiger partial charge < -0.3 is 29.4 Å². The molecular formula is C38H54N4O4. The summed E-state index contributed by atoms with van der Waals surface area (Å²) in [6.07, 6.45) is 6.50. The number of carbonyl (C=O) groups excluding carboxylic acids is 2. The van der Waals surface area contributed by atoms with E-state index in [2.05, 4.69) is 75.3 Å². The number of aromatic amines is 4. The highest BCUT2D eigenvalue weighted by Crippen LogP contribution is 2.42. The molecule has 0 aliphatic carbocycles. The van der Waals surface area contributed by atoms with E-state index in [1.807, 2.05) is 13.8 Å². The zero-order valence-corrected chi connectivity index (χ0v) is 29.7. The van der Waals surface area contributed by atoms with Crippen LogP contribution in [0.15, 0.2) is 0 Å². The van der Waals surface area contributed by atoms with E-state index in [1.165, 1.54) is 22.3 Å². The number of H-pyrrole nitrogens is 4. The second-order valence-electron chi connectivity index (χ2n) is 11.6. The van der Waals surface area contributed by atoms with E-state index >= 15 is 0 Å². The van der Waals surface area contributed by atoms with Crippen LogP contribution in [0.4, 0.5) is 0 Å². The van der Waals surface area contributed by atoms with Crippen molar-refractivity contribution >= 4 is 11.9 Å². The number of aromatic nitrogens is 4. The first-order valence-electron chi connectivity index (χ1n) is 17.5. The molecule has 4 aromatic rings. The molecule has 8 nitrogen and oxygen atoms in total. The SMILES string of the molecule is CCOC(=O)c1[nH]c(-c2[nH]c(-c3[nH]c(-c4[nH]c(C(=O)OCC)c(CC)c4CC)c(CC)c3CC)c(CC)c2CC)c(CC)c1CC. The highest BCUT2D eigenvalue weighted by molar-refractivity contribution is 5.93. The molecular weight excluding hydrogens is 576 g/mol. The molecule has 0 fully saturated rings. The van der Waals surface area contributed by atoms with Crippen LogP contribution in [0.25, 0.3) is 34.2 Å². The second-order valence-corrected chi connectivity index (χ2v) is 11.6. The number of hydrogen-bond donors (Lipinski definition) is 4. The van der Waals surface area contributed by atoms with Crippen LogP contribution in [0, 0.1) is 0 Å². The third-order valence-corrected chi connectivity index (χ3v) is 9.41. The van der Waals surface area contributed by atoms with E-state index in [0.717, 1.165) is 108 Å². The molecule has 0 aromatic carbocycles. The first kappa shape index (κ1) is 34.9. The summed E-state index contributed by atoms with van der Waals surface area (Å²) in [5.41, 5.74) is 16.8. The highest BCUT2D eigenvalue weighted by atomic mass is 16.5. The molecule has 0 spiro atoms. The molecule has 4 rings (SSSR count).